The smallest absolute Gasteiger partial charge is 0.00366 e. The van der Waals surface area contributed by atoms with Crippen molar-refractivity contribution in [1.29, 1.82) is 0 Å². The summed E-state index contributed by atoms with van der Waals surface area (Å²) in [5, 5.41) is 3.38. The maximum Gasteiger partial charge on any atom is 0.00366 e. The molecule has 2 heteroatoms. The third kappa shape index (κ3) is 6.32. The van der Waals surface area contributed by atoms with E-state index in [1.807, 2.05) is 0 Å². The van der Waals surface area contributed by atoms with Crippen molar-refractivity contribution in [3.05, 3.63) is 0 Å². The SMILES string of the molecule is CC(C)NCCC(C)C(C)N. The van der Waals surface area contributed by atoms with Gasteiger partial charge < -0.3 is 11.1 Å². The van der Waals surface area contributed by atoms with Crippen LogP contribution in [0.15, 0.2) is 0 Å². The van der Waals surface area contributed by atoms with Crippen molar-refractivity contribution in [2.45, 2.75) is 46.2 Å². The standard InChI is InChI=1S/C9H22N2/c1-7(2)11-6-5-8(3)9(4)10/h7-9,11H,5-6,10H2,1-4H3. The first-order valence-corrected chi connectivity index (χ1v) is 4.53. The van der Waals surface area contributed by atoms with Gasteiger partial charge in [0.1, 0.15) is 0 Å². The van der Waals surface area contributed by atoms with Crippen LogP contribution in [0.25, 0.3) is 0 Å². The molecule has 2 nitrogen and oxygen atoms in total. The van der Waals surface area contributed by atoms with E-state index in [0.29, 0.717) is 18.0 Å². The van der Waals surface area contributed by atoms with E-state index < -0.39 is 0 Å². The predicted molar refractivity (Wildman–Crippen MR) is 50.6 cm³/mol. The number of nitrogens with two attached hydrogens (primary N) is 1. The molecule has 0 spiro atoms. The van der Waals surface area contributed by atoms with Crippen LogP contribution in [-0.2, 0) is 0 Å². The Morgan fingerprint density at radius 1 is 1.18 bits per heavy atom. The molecule has 11 heavy (non-hydrogen) atoms. The maximum atomic E-state index is 5.73. The van der Waals surface area contributed by atoms with E-state index in [0.717, 1.165) is 6.54 Å². The van der Waals surface area contributed by atoms with Gasteiger partial charge in [0.05, 0.1) is 0 Å². The Morgan fingerprint density at radius 3 is 2.09 bits per heavy atom. The van der Waals surface area contributed by atoms with Crippen LogP contribution >= 0.6 is 0 Å². The predicted octanol–water partition coefficient (Wildman–Crippen LogP) is 1.36. The summed E-state index contributed by atoms with van der Waals surface area (Å²) in [7, 11) is 0. The molecule has 2 unspecified atom stereocenters. The van der Waals surface area contributed by atoms with Gasteiger partial charge in [-0.25, -0.2) is 0 Å². The van der Waals surface area contributed by atoms with Crippen LogP contribution in [0.4, 0.5) is 0 Å². The number of rotatable bonds is 5. The highest BCUT2D eigenvalue weighted by molar-refractivity contribution is 4.65. The highest BCUT2D eigenvalue weighted by atomic mass is 14.9. The van der Waals surface area contributed by atoms with Crippen LogP contribution in [-0.4, -0.2) is 18.6 Å². The Morgan fingerprint density at radius 2 is 1.73 bits per heavy atom. The van der Waals surface area contributed by atoms with Gasteiger partial charge in [-0.2, -0.15) is 0 Å². The van der Waals surface area contributed by atoms with Crippen molar-refractivity contribution in [2.75, 3.05) is 6.54 Å². The first-order chi connectivity index (χ1) is 5.04. The Bertz CT molecular complexity index is 89.6. The second-order valence-corrected chi connectivity index (χ2v) is 3.73. The molecule has 0 radical (unpaired) electrons. The van der Waals surface area contributed by atoms with Gasteiger partial charge in [-0.05, 0) is 25.8 Å². The van der Waals surface area contributed by atoms with Crippen molar-refractivity contribution in [3.63, 3.8) is 0 Å². The summed E-state index contributed by atoms with van der Waals surface area (Å²) < 4.78 is 0. The van der Waals surface area contributed by atoms with Gasteiger partial charge in [0.15, 0.2) is 0 Å². The molecule has 0 amide bonds. The molecule has 0 heterocycles. The molecule has 3 N–H and O–H groups in total. The molecule has 0 aromatic heterocycles. The summed E-state index contributed by atoms with van der Waals surface area (Å²) in [5.74, 6) is 0.626. The minimum atomic E-state index is 0.323. The molecule has 0 fully saturated rings. The fraction of sp³-hybridized carbons (Fsp3) is 1.00. The van der Waals surface area contributed by atoms with Crippen LogP contribution < -0.4 is 11.1 Å². The van der Waals surface area contributed by atoms with Gasteiger partial charge in [0.2, 0.25) is 0 Å². The summed E-state index contributed by atoms with van der Waals surface area (Å²) in [6.45, 7) is 9.68. The summed E-state index contributed by atoms with van der Waals surface area (Å²) >= 11 is 0. The van der Waals surface area contributed by atoms with Gasteiger partial charge in [-0.3, -0.25) is 0 Å². The topological polar surface area (TPSA) is 38.0 Å². The fourth-order valence-electron chi connectivity index (χ4n) is 0.863. The lowest BCUT2D eigenvalue weighted by atomic mass is 10.0. The lowest BCUT2D eigenvalue weighted by Crippen LogP contribution is -2.30. The molecule has 0 saturated heterocycles. The van der Waals surface area contributed by atoms with Crippen LogP contribution in [0, 0.1) is 5.92 Å². The second kappa shape index (κ2) is 5.56. The van der Waals surface area contributed by atoms with E-state index >= 15 is 0 Å². The van der Waals surface area contributed by atoms with E-state index in [1.165, 1.54) is 6.42 Å². The molecule has 0 aliphatic rings. The third-order valence-electron chi connectivity index (χ3n) is 2.05. The number of hydrogen-bond donors (Lipinski definition) is 2. The zero-order valence-corrected chi connectivity index (χ0v) is 8.22. The normalized spacial score (nSPS) is 16.9. The molecular formula is C9H22N2. The average molecular weight is 158 g/mol. The summed E-state index contributed by atoms with van der Waals surface area (Å²) in [6.07, 6.45) is 1.18. The Labute approximate surface area is 70.5 Å². The number of nitrogens with one attached hydrogen (secondary N) is 1. The molecule has 0 rings (SSSR count). The molecule has 0 aliphatic heterocycles. The highest BCUT2D eigenvalue weighted by Gasteiger charge is 2.06. The quantitative estimate of drug-likeness (QED) is 0.634. The zero-order valence-electron chi connectivity index (χ0n) is 8.22. The molecular weight excluding hydrogens is 136 g/mol. The van der Waals surface area contributed by atoms with Crippen molar-refractivity contribution in [1.82, 2.24) is 5.32 Å². The Hall–Kier alpha value is -0.0800. The monoisotopic (exact) mass is 158 g/mol. The first kappa shape index (κ1) is 10.9. The molecule has 68 valence electrons. The number of hydrogen-bond acceptors (Lipinski definition) is 2. The Balaban J connectivity index is 3.24. The van der Waals surface area contributed by atoms with Gasteiger partial charge in [0, 0.05) is 12.1 Å². The van der Waals surface area contributed by atoms with Crippen molar-refractivity contribution in [3.8, 4) is 0 Å². The highest BCUT2D eigenvalue weighted by Crippen LogP contribution is 2.03. The van der Waals surface area contributed by atoms with Crippen LogP contribution in [0.1, 0.15) is 34.1 Å². The summed E-state index contributed by atoms with van der Waals surface area (Å²) in [6, 6.07) is 0.916. The summed E-state index contributed by atoms with van der Waals surface area (Å²) in [4.78, 5) is 0. The minimum absolute atomic E-state index is 0.323. The third-order valence-corrected chi connectivity index (χ3v) is 2.05. The lowest BCUT2D eigenvalue weighted by Gasteiger charge is -2.16. The van der Waals surface area contributed by atoms with Gasteiger partial charge in [0.25, 0.3) is 0 Å². The van der Waals surface area contributed by atoms with Crippen LogP contribution in [0.5, 0.6) is 0 Å². The van der Waals surface area contributed by atoms with Gasteiger partial charge in [-0.1, -0.05) is 20.8 Å². The van der Waals surface area contributed by atoms with E-state index in [1.54, 1.807) is 0 Å². The van der Waals surface area contributed by atoms with Crippen LogP contribution in [0.2, 0.25) is 0 Å². The van der Waals surface area contributed by atoms with Gasteiger partial charge in [-0.15, -0.1) is 0 Å². The van der Waals surface area contributed by atoms with Gasteiger partial charge >= 0.3 is 0 Å². The van der Waals surface area contributed by atoms with E-state index in [-0.39, 0.29) is 0 Å². The van der Waals surface area contributed by atoms with E-state index in [9.17, 15) is 0 Å². The van der Waals surface area contributed by atoms with Crippen molar-refractivity contribution in [2.24, 2.45) is 11.7 Å². The van der Waals surface area contributed by atoms with Crippen molar-refractivity contribution < 1.29 is 0 Å². The maximum absolute atomic E-state index is 5.73. The molecule has 0 bridgehead atoms. The Kier molecular flexibility index (Phi) is 5.51. The zero-order chi connectivity index (χ0) is 8.85. The fourth-order valence-corrected chi connectivity index (χ4v) is 0.863. The molecule has 0 aromatic carbocycles. The average Bonchev–Trinajstić information content (AvgIpc) is 1.86. The minimum Gasteiger partial charge on any atom is -0.328 e. The van der Waals surface area contributed by atoms with Crippen LogP contribution in [0.3, 0.4) is 0 Å². The van der Waals surface area contributed by atoms with Crippen molar-refractivity contribution >= 4 is 0 Å². The first-order valence-electron chi connectivity index (χ1n) is 4.53. The molecule has 0 aromatic rings. The molecule has 0 aliphatic carbocycles. The summed E-state index contributed by atoms with van der Waals surface area (Å²) in [5.41, 5.74) is 5.73. The second-order valence-electron chi connectivity index (χ2n) is 3.73. The molecule has 0 saturated carbocycles. The van der Waals surface area contributed by atoms with E-state index in [2.05, 4.69) is 33.0 Å². The lowest BCUT2D eigenvalue weighted by molar-refractivity contribution is 0.424. The molecule has 2 atom stereocenters. The van der Waals surface area contributed by atoms with E-state index in [4.69, 9.17) is 5.73 Å². The largest absolute Gasteiger partial charge is 0.328 e.